The molecule has 0 saturated heterocycles. The van der Waals surface area contributed by atoms with Crippen molar-refractivity contribution < 1.29 is 20.4 Å². The minimum absolute atomic E-state index is 0.0487. The fourth-order valence-corrected chi connectivity index (χ4v) is 1.42. The van der Waals surface area contributed by atoms with Gasteiger partial charge in [0.25, 0.3) is 0 Å². The summed E-state index contributed by atoms with van der Waals surface area (Å²) in [6.45, 7) is 1.25. The first-order valence-corrected chi connectivity index (χ1v) is 5.69. The number of phenols is 1. The molecule has 4 N–H and O–H groups in total. The number of rotatable bonds is 5. The largest absolute Gasteiger partial charge is 0.508 e. The van der Waals surface area contributed by atoms with Crippen molar-refractivity contribution in [1.82, 2.24) is 0 Å². The molecule has 4 heteroatoms. The fourth-order valence-electron chi connectivity index (χ4n) is 1.42. The van der Waals surface area contributed by atoms with Crippen LogP contribution in [0.2, 0.25) is 0 Å². The van der Waals surface area contributed by atoms with Gasteiger partial charge in [-0.1, -0.05) is 36.4 Å². The standard InChI is InChI=1S/C14H18O4/c1-10(16)13(17)7-3-2-5-11-6-4-8-14(18)12(11)9-15/h2-8,10,13,15-18H,9H2,1H3. The molecule has 2 atom stereocenters. The highest BCUT2D eigenvalue weighted by Gasteiger charge is 2.05. The number of aliphatic hydroxyl groups is 3. The molecular weight excluding hydrogens is 232 g/mol. The molecule has 0 aliphatic heterocycles. The lowest BCUT2D eigenvalue weighted by molar-refractivity contribution is 0.0619. The van der Waals surface area contributed by atoms with Crippen LogP contribution < -0.4 is 0 Å². The summed E-state index contributed by atoms with van der Waals surface area (Å²) in [6, 6.07) is 4.96. The van der Waals surface area contributed by atoms with Crippen LogP contribution in [0.5, 0.6) is 5.75 Å². The molecule has 2 unspecified atom stereocenters. The van der Waals surface area contributed by atoms with Gasteiger partial charge in [-0.25, -0.2) is 0 Å². The van der Waals surface area contributed by atoms with E-state index < -0.39 is 12.2 Å². The fraction of sp³-hybridized carbons (Fsp3) is 0.286. The van der Waals surface area contributed by atoms with Crippen molar-refractivity contribution in [3.8, 4) is 5.75 Å². The quantitative estimate of drug-likeness (QED) is 0.592. The molecule has 98 valence electrons. The molecule has 0 bridgehead atoms. The van der Waals surface area contributed by atoms with Crippen LogP contribution in [0.25, 0.3) is 6.08 Å². The average molecular weight is 250 g/mol. The van der Waals surface area contributed by atoms with Crippen molar-refractivity contribution in [1.29, 1.82) is 0 Å². The Morgan fingerprint density at radius 2 is 1.94 bits per heavy atom. The molecule has 0 aromatic heterocycles. The van der Waals surface area contributed by atoms with E-state index >= 15 is 0 Å². The van der Waals surface area contributed by atoms with Gasteiger partial charge in [0, 0.05) is 5.56 Å². The molecule has 18 heavy (non-hydrogen) atoms. The second kappa shape index (κ2) is 6.96. The van der Waals surface area contributed by atoms with E-state index in [1.54, 1.807) is 30.4 Å². The molecule has 0 aliphatic rings. The van der Waals surface area contributed by atoms with Gasteiger partial charge in [0.2, 0.25) is 0 Å². The van der Waals surface area contributed by atoms with Gasteiger partial charge in [-0.2, -0.15) is 0 Å². The van der Waals surface area contributed by atoms with Crippen molar-refractivity contribution in [3.63, 3.8) is 0 Å². The number of aliphatic hydroxyl groups excluding tert-OH is 3. The zero-order valence-electron chi connectivity index (χ0n) is 10.2. The molecule has 0 spiro atoms. The van der Waals surface area contributed by atoms with E-state index in [1.807, 2.05) is 0 Å². The van der Waals surface area contributed by atoms with Gasteiger partial charge >= 0.3 is 0 Å². The van der Waals surface area contributed by atoms with E-state index in [9.17, 15) is 10.2 Å². The third kappa shape index (κ3) is 4.00. The molecule has 0 saturated carbocycles. The normalized spacial score (nSPS) is 15.3. The number of hydrogen-bond donors (Lipinski definition) is 4. The van der Waals surface area contributed by atoms with Crippen LogP contribution in [-0.2, 0) is 6.61 Å². The van der Waals surface area contributed by atoms with Crippen molar-refractivity contribution in [2.45, 2.75) is 25.7 Å². The van der Waals surface area contributed by atoms with E-state index in [0.29, 0.717) is 11.1 Å². The number of hydrogen-bond acceptors (Lipinski definition) is 4. The van der Waals surface area contributed by atoms with Crippen LogP contribution in [0, 0.1) is 0 Å². The summed E-state index contributed by atoms with van der Waals surface area (Å²) in [7, 11) is 0. The van der Waals surface area contributed by atoms with E-state index in [4.69, 9.17) is 10.2 Å². The van der Waals surface area contributed by atoms with Crippen molar-refractivity contribution in [3.05, 3.63) is 47.6 Å². The second-order valence-corrected chi connectivity index (χ2v) is 3.98. The maximum absolute atomic E-state index is 9.52. The van der Waals surface area contributed by atoms with Crippen molar-refractivity contribution in [2.24, 2.45) is 0 Å². The Balaban J connectivity index is 2.76. The van der Waals surface area contributed by atoms with Crippen LogP contribution in [0.15, 0.2) is 36.4 Å². The molecule has 1 rings (SSSR count). The Bertz CT molecular complexity index is 435. The van der Waals surface area contributed by atoms with Gasteiger partial charge in [-0.3, -0.25) is 0 Å². The summed E-state index contributed by atoms with van der Waals surface area (Å²) in [5.74, 6) is 0.0487. The second-order valence-electron chi connectivity index (χ2n) is 3.98. The lowest BCUT2D eigenvalue weighted by atomic mass is 10.1. The Hall–Kier alpha value is -1.62. The van der Waals surface area contributed by atoms with E-state index in [1.165, 1.54) is 19.1 Å². The Morgan fingerprint density at radius 3 is 2.56 bits per heavy atom. The maximum Gasteiger partial charge on any atom is 0.121 e. The molecule has 4 nitrogen and oxygen atoms in total. The average Bonchev–Trinajstić information content (AvgIpc) is 2.34. The summed E-state index contributed by atoms with van der Waals surface area (Å²) in [5.41, 5.74) is 1.16. The highest BCUT2D eigenvalue weighted by Crippen LogP contribution is 2.21. The Labute approximate surface area is 106 Å². The predicted molar refractivity (Wildman–Crippen MR) is 69.9 cm³/mol. The number of benzene rings is 1. The van der Waals surface area contributed by atoms with Crippen LogP contribution in [0.1, 0.15) is 18.1 Å². The third-order valence-corrected chi connectivity index (χ3v) is 2.54. The van der Waals surface area contributed by atoms with E-state index in [-0.39, 0.29) is 12.4 Å². The lowest BCUT2D eigenvalue weighted by Crippen LogP contribution is -2.19. The summed E-state index contributed by atoms with van der Waals surface area (Å²) in [4.78, 5) is 0. The highest BCUT2D eigenvalue weighted by atomic mass is 16.3. The first-order chi connectivity index (χ1) is 8.56. The highest BCUT2D eigenvalue weighted by molar-refractivity contribution is 5.58. The van der Waals surface area contributed by atoms with Crippen LogP contribution in [0.3, 0.4) is 0 Å². The zero-order chi connectivity index (χ0) is 13.5. The van der Waals surface area contributed by atoms with Crippen molar-refractivity contribution >= 4 is 6.08 Å². The molecule has 1 aromatic carbocycles. The molecule has 0 radical (unpaired) electrons. The van der Waals surface area contributed by atoms with E-state index in [2.05, 4.69) is 0 Å². The molecule has 1 aromatic rings. The summed E-state index contributed by atoms with van der Waals surface area (Å²) >= 11 is 0. The van der Waals surface area contributed by atoms with Crippen LogP contribution >= 0.6 is 0 Å². The van der Waals surface area contributed by atoms with E-state index in [0.717, 1.165) is 0 Å². The predicted octanol–water partition coefficient (Wildman–Crippen LogP) is 1.20. The van der Waals surface area contributed by atoms with Gasteiger partial charge < -0.3 is 20.4 Å². The SMILES string of the molecule is CC(O)C(O)C=CC=Cc1cccc(O)c1CO. The van der Waals surface area contributed by atoms with Gasteiger partial charge in [0.05, 0.1) is 18.8 Å². The van der Waals surface area contributed by atoms with Crippen LogP contribution in [0.4, 0.5) is 0 Å². The maximum atomic E-state index is 9.52. The summed E-state index contributed by atoms with van der Waals surface area (Å²) < 4.78 is 0. The minimum atomic E-state index is -0.906. The Morgan fingerprint density at radius 1 is 1.22 bits per heavy atom. The topological polar surface area (TPSA) is 80.9 Å². The number of aromatic hydroxyl groups is 1. The molecule has 0 fully saturated rings. The van der Waals surface area contributed by atoms with Gasteiger partial charge in [-0.15, -0.1) is 0 Å². The lowest BCUT2D eigenvalue weighted by Gasteiger charge is -2.07. The smallest absolute Gasteiger partial charge is 0.121 e. The van der Waals surface area contributed by atoms with Gasteiger partial charge in [0.15, 0.2) is 0 Å². The zero-order valence-corrected chi connectivity index (χ0v) is 10.2. The van der Waals surface area contributed by atoms with Gasteiger partial charge in [-0.05, 0) is 18.6 Å². The molecular formula is C14H18O4. The monoisotopic (exact) mass is 250 g/mol. The molecule has 0 heterocycles. The first-order valence-electron chi connectivity index (χ1n) is 5.69. The molecule has 0 aliphatic carbocycles. The Kier molecular flexibility index (Phi) is 5.58. The number of allylic oxidation sites excluding steroid dienone is 2. The molecule has 0 amide bonds. The van der Waals surface area contributed by atoms with Crippen LogP contribution in [-0.4, -0.2) is 32.6 Å². The first kappa shape index (κ1) is 14.4. The van der Waals surface area contributed by atoms with Gasteiger partial charge in [0.1, 0.15) is 5.75 Å². The third-order valence-electron chi connectivity index (χ3n) is 2.54. The summed E-state index contributed by atoms with van der Waals surface area (Å²) in [6.07, 6.45) is 4.71. The minimum Gasteiger partial charge on any atom is -0.508 e. The summed E-state index contributed by atoms with van der Waals surface area (Å²) in [5, 5.41) is 37.0. The van der Waals surface area contributed by atoms with Crippen molar-refractivity contribution in [2.75, 3.05) is 0 Å².